The highest BCUT2D eigenvalue weighted by Crippen LogP contribution is 2.31. The van der Waals surface area contributed by atoms with Crippen molar-refractivity contribution in [2.75, 3.05) is 18.1 Å². The Bertz CT molecular complexity index is 692. The number of ketones is 1. The summed E-state index contributed by atoms with van der Waals surface area (Å²) in [7, 11) is 0. The van der Waals surface area contributed by atoms with Gasteiger partial charge in [-0.3, -0.25) is 14.5 Å². The van der Waals surface area contributed by atoms with Gasteiger partial charge in [0.1, 0.15) is 5.75 Å². The third kappa shape index (κ3) is 2.69. The van der Waals surface area contributed by atoms with Gasteiger partial charge in [-0.2, -0.15) is 0 Å². The second kappa shape index (κ2) is 5.69. The number of carbonyl (C=O) groups is 2. The summed E-state index contributed by atoms with van der Waals surface area (Å²) in [5, 5.41) is 0. The summed E-state index contributed by atoms with van der Waals surface area (Å²) in [6.45, 7) is 2.10. The van der Waals surface area contributed by atoms with Crippen LogP contribution in [-0.4, -0.2) is 24.8 Å². The molecule has 0 N–H and O–H groups in total. The molecule has 2 heterocycles. The number of ether oxygens (including phenoxy) is 1. The van der Waals surface area contributed by atoms with Gasteiger partial charge in [0.25, 0.3) is 5.91 Å². The molecular weight excluding hydrogens is 286 g/mol. The van der Waals surface area contributed by atoms with E-state index in [1.807, 2.05) is 24.3 Å². The van der Waals surface area contributed by atoms with Gasteiger partial charge in [-0.15, -0.1) is 11.3 Å². The van der Waals surface area contributed by atoms with Crippen LogP contribution in [0, 0.1) is 0 Å². The Kier molecular flexibility index (Phi) is 3.75. The summed E-state index contributed by atoms with van der Waals surface area (Å²) in [6.07, 6.45) is 0.914. The minimum absolute atomic E-state index is 0.0189. The molecule has 21 heavy (non-hydrogen) atoms. The first-order valence-corrected chi connectivity index (χ1v) is 7.65. The zero-order valence-electron chi connectivity index (χ0n) is 11.7. The molecule has 0 atom stereocenters. The predicted octanol–water partition coefficient (Wildman–Crippen LogP) is 2.92. The van der Waals surface area contributed by atoms with Gasteiger partial charge in [0.05, 0.1) is 17.1 Å². The zero-order valence-corrected chi connectivity index (χ0v) is 12.5. The molecule has 0 fully saturated rings. The largest absolute Gasteiger partial charge is 0.482 e. The van der Waals surface area contributed by atoms with E-state index < -0.39 is 0 Å². The van der Waals surface area contributed by atoms with E-state index in [4.69, 9.17) is 4.74 Å². The molecule has 0 unspecified atom stereocenters. The number of thiophene rings is 1. The number of aryl methyl sites for hydroxylation is 1. The topological polar surface area (TPSA) is 46.6 Å². The third-order valence-corrected chi connectivity index (χ3v) is 4.67. The maximum absolute atomic E-state index is 12.4. The first-order chi connectivity index (χ1) is 10.2. The molecular formula is C16H15NO3S. The lowest BCUT2D eigenvalue weighted by molar-refractivity contribution is -0.121. The smallest absolute Gasteiger partial charge is 0.265 e. The van der Waals surface area contributed by atoms with E-state index in [-0.39, 0.29) is 24.8 Å². The van der Waals surface area contributed by atoms with E-state index in [9.17, 15) is 9.59 Å². The number of para-hydroxylation sites is 2. The van der Waals surface area contributed by atoms with Crippen LogP contribution in [0.3, 0.4) is 0 Å². The van der Waals surface area contributed by atoms with Crippen molar-refractivity contribution in [2.24, 2.45) is 0 Å². The first kappa shape index (κ1) is 13.8. The fourth-order valence-corrected chi connectivity index (χ4v) is 3.14. The molecule has 4 nitrogen and oxygen atoms in total. The monoisotopic (exact) mass is 301 g/mol. The normalized spacial score (nSPS) is 13.8. The number of carbonyl (C=O) groups excluding carboxylic acids is 2. The molecule has 1 aromatic heterocycles. The summed E-state index contributed by atoms with van der Waals surface area (Å²) in [6, 6.07) is 11.1. The van der Waals surface area contributed by atoms with Gasteiger partial charge in [0.15, 0.2) is 12.4 Å². The molecule has 0 bridgehead atoms. The van der Waals surface area contributed by atoms with Crippen LogP contribution in [0.2, 0.25) is 0 Å². The highest BCUT2D eigenvalue weighted by atomic mass is 32.1. The van der Waals surface area contributed by atoms with Crippen LogP contribution in [0.25, 0.3) is 0 Å². The number of nitrogens with zero attached hydrogens (tertiary/aromatic N) is 1. The second-order valence-corrected chi connectivity index (χ2v) is 5.95. The van der Waals surface area contributed by atoms with E-state index in [2.05, 4.69) is 6.92 Å². The van der Waals surface area contributed by atoms with Crippen molar-refractivity contribution in [3.8, 4) is 5.75 Å². The van der Waals surface area contributed by atoms with Crippen LogP contribution in [0.5, 0.6) is 5.75 Å². The van der Waals surface area contributed by atoms with Crippen molar-refractivity contribution in [3.05, 3.63) is 46.2 Å². The Morgan fingerprint density at radius 1 is 1.29 bits per heavy atom. The fraction of sp³-hybridized carbons (Fsp3) is 0.250. The van der Waals surface area contributed by atoms with E-state index in [1.54, 1.807) is 12.1 Å². The average Bonchev–Trinajstić information content (AvgIpc) is 2.99. The maximum atomic E-state index is 12.4. The summed E-state index contributed by atoms with van der Waals surface area (Å²) < 4.78 is 5.37. The number of hydrogen-bond donors (Lipinski definition) is 0. The van der Waals surface area contributed by atoms with Crippen molar-refractivity contribution in [1.29, 1.82) is 0 Å². The van der Waals surface area contributed by atoms with Crippen LogP contribution < -0.4 is 9.64 Å². The Morgan fingerprint density at radius 2 is 2.10 bits per heavy atom. The number of anilines is 1. The molecule has 0 saturated carbocycles. The van der Waals surface area contributed by atoms with Crippen LogP contribution >= 0.6 is 11.3 Å². The zero-order chi connectivity index (χ0) is 14.8. The molecule has 108 valence electrons. The third-order valence-electron chi connectivity index (χ3n) is 3.39. The van der Waals surface area contributed by atoms with Crippen LogP contribution in [-0.2, 0) is 11.2 Å². The van der Waals surface area contributed by atoms with E-state index in [0.717, 1.165) is 6.42 Å². The molecule has 5 heteroatoms. The lowest BCUT2D eigenvalue weighted by atomic mass is 10.2. The Hall–Kier alpha value is -2.14. The molecule has 1 aromatic carbocycles. The number of Topliss-reactive ketones (excluding diaryl/α,β-unsaturated/α-hetero) is 1. The van der Waals surface area contributed by atoms with E-state index >= 15 is 0 Å². The molecule has 3 rings (SSSR count). The molecule has 1 aliphatic heterocycles. The number of hydrogen-bond acceptors (Lipinski definition) is 4. The number of fused-ring (bicyclic) bond motifs is 1. The van der Waals surface area contributed by atoms with Gasteiger partial charge >= 0.3 is 0 Å². The molecule has 1 aliphatic rings. The van der Waals surface area contributed by atoms with Gasteiger partial charge in [-0.1, -0.05) is 19.1 Å². The van der Waals surface area contributed by atoms with Gasteiger partial charge in [0.2, 0.25) is 0 Å². The maximum Gasteiger partial charge on any atom is 0.265 e. The Labute approximate surface area is 127 Å². The van der Waals surface area contributed by atoms with Crippen LogP contribution in [0.1, 0.15) is 21.5 Å². The SMILES string of the molecule is CCc1ccc(C(=O)CN2C(=O)COc3ccccc32)s1. The molecule has 2 aromatic rings. The molecule has 0 aliphatic carbocycles. The van der Waals surface area contributed by atoms with Gasteiger partial charge in [-0.25, -0.2) is 0 Å². The second-order valence-electron chi connectivity index (χ2n) is 4.78. The Balaban J connectivity index is 1.83. The summed E-state index contributed by atoms with van der Waals surface area (Å²) >= 11 is 1.49. The van der Waals surface area contributed by atoms with Crippen molar-refractivity contribution < 1.29 is 14.3 Å². The van der Waals surface area contributed by atoms with Gasteiger partial charge in [0, 0.05) is 4.88 Å². The number of benzene rings is 1. The fourth-order valence-electron chi connectivity index (χ4n) is 2.27. The standard InChI is InChI=1S/C16H15NO3S/c1-2-11-7-8-15(21-11)13(18)9-17-12-5-3-4-6-14(12)20-10-16(17)19/h3-8H,2,9-10H2,1H3. The molecule has 0 saturated heterocycles. The Morgan fingerprint density at radius 3 is 2.86 bits per heavy atom. The van der Waals surface area contributed by atoms with E-state index in [0.29, 0.717) is 16.3 Å². The first-order valence-electron chi connectivity index (χ1n) is 6.83. The van der Waals surface area contributed by atoms with Crippen molar-refractivity contribution in [1.82, 2.24) is 0 Å². The van der Waals surface area contributed by atoms with Crippen molar-refractivity contribution >= 4 is 28.7 Å². The van der Waals surface area contributed by atoms with E-state index in [1.165, 1.54) is 21.1 Å². The van der Waals surface area contributed by atoms with Crippen molar-refractivity contribution in [2.45, 2.75) is 13.3 Å². The molecule has 0 radical (unpaired) electrons. The minimum atomic E-state index is -0.186. The average molecular weight is 301 g/mol. The van der Waals surface area contributed by atoms with Gasteiger partial charge < -0.3 is 4.74 Å². The number of amides is 1. The lowest BCUT2D eigenvalue weighted by Crippen LogP contribution is -2.41. The molecule has 0 spiro atoms. The highest BCUT2D eigenvalue weighted by molar-refractivity contribution is 7.14. The molecule has 1 amide bonds. The van der Waals surface area contributed by atoms with Gasteiger partial charge in [-0.05, 0) is 30.7 Å². The van der Waals surface area contributed by atoms with Crippen LogP contribution in [0.4, 0.5) is 5.69 Å². The summed E-state index contributed by atoms with van der Waals surface area (Å²) in [5.74, 6) is 0.421. The van der Waals surface area contributed by atoms with Crippen LogP contribution in [0.15, 0.2) is 36.4 Å². The highest BCUT2D eigenvalue weighted by Gasteiger charge is 2.27. The van der Waals surface area contributed by atoms with Crippen molar-refractivity contribution in [3.63, 3.8) is 0 Å². The summed E-state index contributed by atoms with van der Waals surface area (Å²) in [5.41, 5.74) is 0.661. The summed E-state index contributed by atoms with van der Waals surface area (Å²) in [4.78, 5) is 27.8. The minimum Gasteiger partial charge on any atom is -0.482 e. The lowest BCUT2D eigenvalue weighted by Gasteiger charge is -2.28. The quantitative estimate of drug-likeness (QED) is 0.816. The number of rotatable bonds is 4. The predicted molar refractivity (Wildman–Crippen MR) is 82.3 cm³/mol.